The number of hydrogen-bond donors (Lipinski definition) is 1. The molecule has 0 fully saturated rings. The van der Waals surface area contributed by atoms with Gasteiger partial charge in [0.05, 0.1) is 13.7 Å². The third-order valence-corrected chi connectivity index (χ3v) is 3.25. The quantitative estimate of drug-likeness (QED) is 0.876. The lowest BCUT2D eigenvalue weighted by molar-refractivity contribution is 0.217. The maximum absolute atomic E-state index is 13.8. The summed E-state index contributed by atoms with van der Waals surface area (Å²) in [5.74, 6) is 0.319. The summed E-state index contributed by atoms with van der Waals surface area (Å²) >= 11 is 0. The molecule has 0 aliphatic rings. The molecule has 3 heteroatoms. The van der Waals surface area contributed by atoms with Crippen molar-refractivity contribution in [2.75, 3.05) is 13.7 Å². The van der Waals surface area contributed by atoms with Crippen molar-refractivity contribution in [1.29, 1.82) is 0 Å². The highest BCUT2D eigenvalue weighted by Gasteiger charge is 2.26. The van der Waals surface area contributed by atoms with Crippen LogP contribution < -0.4 is 4.74 Å². The summed E-state index contributed by atoms with van der Waals surface area (Å²) in [5, 5.41) is 9.43. The first-order chi connectivity index (χ1) is 7.88. The molecule has 0 heterocycles. The van der Waals surface area contributed by atoms with Crippen LogP contribution in [0.15, 0.2) is 6.07 Å². The van der Waals surface area contributed by atoms with Gasteiger partial charge in [-0.25, -0.2) is 4.39 Å². The van der Waals surface area contributed by atoms with Crippen molar-refractivity contribution in [3.8, 4) is 5.75 Å². The van der Waals surface area contributed by atoms with Crippen LogP contribution in [0.3, 0.4) is 0 Å². The summed E-state index contributed by atoms with van der Waals surface area (Å²) in [6.45, 7) is 7.49. The van der Waals surface area contributed by atoms with Crippen LogP contribution in [0.2, 0.25) is 0 Å². The second-order valence-corrected chi connectivity index (χ2v) is 4.94. The van der Waals surface area contributed by atoms with Crippen molar-refractivity contribution < 1.29 is 14.2 Å². The molecule has 0 unspecified atom stereocenters. The predicted octanol–water partition coefficient (Wildman–Crippen LogP) is 2.98. The van der Waals surface area contributed by atoms with E-state index >= 15 is 0 Å². The lowest BCUT2D eigenvalue weighted by Gasteiger charge is -2.27. The summed E-state index contributed by atoms with van der Waals surface area (Å²) in [6, 6.07) is 1.52. The molecule has 0 amide bonds. The van der Waals surface area contributed by atoms with Gasteiger partial charge in [0.15, 0.2) is 0 Å². The maximum atomic E-state index is 13.8. The van der Waals surface area contributed by atoms with Crippen LogP contribution >= 0.6 is 0 Å². The average molecular weight is 240 g/mol. The van der Waals surface area contributed by atoms with Crippen LogP contribution in [-0.4, -0.2) is 18.8 Å². The van der Waals surface area contributed by atoms with E-state index in [9.17, 15) is 9.50 Å². The molecule has 0 atom stereocenters. The zero-order chi connectivity index (χ0) is 13.2. The number of aliphatic hydroxyl groups excluding tert-OH is 1. The Morgan fingerprint density at radius 2 is 2.00 bits per heavy atom. The van der Waals surface area contributed by atoms with Crippen molar-refractivity contribution >= 4 is 0 Å². The molecular formula is C14H21FO2. The molecule has 0 aromatic heterocycles. The molecule has 1 N–H and O–H groups in total. The first kappa shape index (κ1) is 14.0. The van der Waals surface area contributed by atoms with Crippen molar-refractivity contribution in [3.05, 3.63) is 28.6 Å². The molecule has 17 heavy (non-hydrogen) atoms. The largest absolute Gasteiger partial charge is 0.496 e. The monoisotopic (exact) mass is 240 g/mol. The Morgan fingerprint density at radius 3 is 2.41 bits per heavy atom. The van der Waals surface area contributed by atoms with E-state index in [2.05, 4.69) is 0 Å². The summed E-state index contributed by atoms with van der Waals surface area (Å²) in [4.78, 5) is 0. The van der Waals surface area contributed by atoms with E-state index in [1.807, 2.05) is 20.8 Å². The molecule has 0 bridgehead atoms. The molecule has 0 aliphatic heterocycles. The zero-order valence-electron chi connectivity index (χ0n) is 11.2. The Kier molecular flexibility index (Phi) is 4.15. The van der Waals surface area contributed by atoms with Crippen LogP contribution in [-0.2, 0) is 11.8 Å². The Hall–Kier alpha value is -1.09. The Balaban J connectivity index is 3.56. The third-order valence-electron chi connectivity index (χ3n) is 3.25. The Bertz CT molecular complexity index is 411. The van der Waals surface area contributed by atoms with Crippen LogP contribution in [0.4, 0.5) is 4.39 Å². The summed E-state index contributed by atoms with van der Waals surface area (Å²) in [5.41, 5.74) is 1.86. The fraction of sp³-hybridized carbons (Fsp3) is 0.571. The fourth-order valence-corrected chi connectivity index (χ4v) is 2.10. The number of aliphatic hydroxyl groups is 1. The van der Waals surface area contributed by atoms with E-state index in [-0.39, 0.29) is 12.4 Å². The highest BCUT2D eigenvalue weighted by Crippen LogP contribution is 2.36. The standard InChI is InChI=1S/C14H21FO2/c1-6-10-11(14(3,4)8-16)7-12(15)9(2)13(10)17-5/h7,16H,6,8H2,1-5H3. The molecule has 0 saturated heterocycles. The van der Waals surface area contributed by atoms with Gasteiger partial charge in [-0.05, 0) is 30.5 Å². The van der Waals surface area contributed by atoms with Gasteiger partial charge in [0.25, 0.3) is 0 Å². The van der Waals surface area contributed by atoms with Crippen molar-refractivity contribution in [3.63, 3.8) is 0 Å². The van der Waals surface area contributed by atoms with Crippen molar-refractivity contribution in [2.24, 2.45) is 0 Å². The molecule has 0 saturated carbocycles. The van der Waals surface area contributed by atoms with E-state index in [1.54, 1.807) is 14.0 Å². The van der Waals surface area contributed by atoms with Crippen LogP contribution in [0, 0.1) is 12.7 Å². The lowest BCUT2D eigenvalue weighted by Crippen LogP contribution is -2.24. The van der Waals surface area contributed by atoms with E-state index in [0.717, 1.165) is 17.5 Å². The average Bonchev–Trinajstić information content (AvgIpc) is 2.31. The molecule has 96 valence electrons. The summed E-state index contributed by atoms with van der Waals surface area (Å²) in [7, 11) is 1.55. The number of ether oxygens (including phenoxy) is 1. The minimum atomic E-state index is -0.465. The van der Waals surface area contributed by atoms with Crippen LogP contribution in [0.5, 0.6) is 5.75 Å². The van der Waals surface area contributed by atoms with Crippen LogP contribution in [0.25, 0.3) is 0 Å². The predicted molar refractivity (Wildman–Crippen MR) is 67.2 cm³/mol. The number of hydrogen-bond acceptors (Lipinski definition) is 2. The lowest BCUT2D eigenvalue weighted by atomic mass is 9.80. The van der Waals surface area contributed by atoms with E-state index in [0.29, 0.717) is 11.3 Å². The minimum Gasteiger partial charge on any atom is -0.496 e. The topological polar surface area (TPSA) is 29.5 Å². The van der Waals surface area contributed by atoms with Gasteiger partial charge in [0.1, 0.15) is 11.6 Å². The second kappa shape index (κ2) is 5.05. The SMILES string of the molecule is CCc1c(C(C)(C)CO)cc(F)c(C)c1OC. The highest BCUT2D eigenvalue weighted by molar-refractivity contribution is 5.49. The van der Waals surface area contributed by atoms with Gasteiger partial charge >= 0.3 is 0 Å². The first-order valence-corrected chi connectivity index (χ1v) is 5.86. The molecule has 1 rings (SSSR count). The molecule has 1 aromatic carbocycles. The molecule has 0 radical (unpaired) electrons. The summed E-state index contributed by atoms with van der Waals surface area (Å²) < 4.78 is 19.2. The van der Waals surface area contributed by atoms with Crippen molar-refractivity contribution in [2.45, 2.75) is 39.5 Å². The normalized spacial score (nSPS) is 11.7. The van der Waals surface area contributed by atoms with Gasteiger partial charge < -0.3 is 9.84 Å². The first-order valence-electron chi connectivity index (χ1n) is 5.86. The van der Waals surface area contributed by atoms with Gasteiger partial charge in [-0.1, -0.05) is 20.8 Å². The van der Waals surface area contributed by atoms with Gasteiger partial charge in [-0.3, -0.25) is 0 Å². The number of methoxy groups -OCH3 is 1. The van der Waals surface area contributed by atoms with E-state index in [1.165, 1.54) is 6.07 Å². The maximum Gasteiger partial charge on any atom is 0.130 e. The van der Waals surface area contributed by atoms with Gasteiger partial charge in [0, 0.05) is 11.0 Å². The number of halogens is 1. The van der Waals surface area contributed by atoms with Crippen LogP contribution in [0.1, 0.15) is 37.5 Å². The molecular weight excluding hydrogens is 219 g/mol. The fourth-order valence-electron chi connectivity index (χ4n) is 2.10. The smallest absolute Gasteiger partial charge is 0.130 e. The van der Waals surface area contributed by atoms with Crippen molar-refractivity contribution in [1.82, 2.24) is 0 Å². The molecule has 0 aliphatic carbocycles. The second-order valence-electron chi connectivity index (χ2n) is 4.94. The summed E-state index contributed by atoms with van der Waals surface area (Å²) in [6.07, 6.45) is 0.753. The van der Waals surface area contributed by atoms with Gasteiger partial charge in [-0.15, -0.1) is 0 Å². The molecule has 1 aromatic rings. The number of rotatable bonds is 4. The van der Waals surface area contributed by atoms with E-state index in [4.69, 9.17) is 4.74 Å². The minimum absolute atomic E-state index is 0.0222. The molecule has 0 spiro atoms. The number of benzene rings is 1. The molecule has 2 nitrogen and oxygen atoms in total. The van der Waals surface area contributed by atoms with Gasteiger partial charge in [-0.2, -0.15) is 0 Å². The van der Waals surface area contributed by atoms with Gasteiger partial charge in [0.2, 0.25) is 0 Å². The Labute approximate surface area is 102 Å². The third kappa shape index (κ3) is 2.44. The van der Waals surface area contributed by atoms with E-state index < -0.39 is 5.41 Å². The zero-order valence-corrected chi connectivity index (χ0v) is 11.2. The highest BCUT2D eigenvalue weighted by atomic mass is 19.1. The Morgan fingerprint density at radius 1 is 1.41 bits per heavy atom.